The smallest absolute Gasteiger partial charge is 0.243 e. The van der Waals surface area contributed by atoms with Gasteiger partial charge in [-0.25, -0.2) is 0 Å². The van der Waals surface area contributed by atoms with Crippen molar-refractivity contribution in [1.82, 2.24) is 5.32 Å². The largest absolute Gasteiger partial charge is 0.497 e. The minimum absolute atomic E-state index is 0.0332. The molecule has 6 heteroatoms. The average Bonchev–Trinajstić information content (AvgIpc) is 2.82. The molecule has 0 heterocycles. The Kier molecular flexibility index (Phi) is 5.78. The molecule has 0 aliphatic heterocycles. The number of ether oxygens (including phenoxy) is 2. The summed E-state index contributed by atoms with van der Waals surface area (Å²) in [6.07, 6.45) is 6.25. The summed E-state index contributed by atoms with van der Waals surface area (Å²) in [6.45, 7) is 1.92. The van der Waals surface area contributed by atoms with Gasteiger partial charge >= 0.3 is 0 Å². The van der Waals surface area contributed by atoms with Gasteiger partial charge in [0, 0.05) is 0 Å². The summed E-state index contributed by atoms with van der Waals surface area (Å²) >= 11 is 0. The van der Waals surface area contributed by atoms with Crippen molar-refractivity contribution in [3.63, 3.8) is 0 Å². The van der Waals surface area contributed by atoms with E-state index in [1.54, 1.807) is 14.2 Å². The van der Waals surface area contributed by atoms with Gasteiger partial charge < -0.3 is 20.1 Å². The van der Waals surface area contributed by atoms with Gasteiger partial charge in [-0.15, -0.1) is 0 Å². The van der Waals surface area contributed by atoms with Gasteiger partial charge in [-0.2, -0.15) is 0 Å². The van der Waals surface area contributed by atoms with Gasteiger partial charge in [-0.05, 0) is 98.1 Å². The number of rotatable bonds is 7. The molecule has 180 valence electrons. The van der Waals surface area contributed by atoms with Gasteiger partial charge in [0.15, 0.2) is 0 Å². The second kappa shape index (κ2) is 8.64. The van der Waals surface area contributed by atoms with Crippen molar-refractivity contribution in [2.75, 3.05) is 26.1 Å². The lowest BCUT2D eigenvalue weighted by molar-refractivity contribution is -0.149. The van der Waals surface area contributed by atoms with E-state index < -0.39 is 0 Å². The molecule has 0 saturated heterocycles. The van der Waals surface area contributed by atoms with Crippen molar-refractivity contribution >= 4 is 17.5 Å². The Morgan fingerprint density at radius 1 is 0.971 bits per heavy atom. The van der Waals surface area contributed by atoms with Gasteiger partial charge in [0.2, 0.25) is 11.8 Å². The van der Waals surface area contributed by atoms with Crippen LogP contribution in [-0.4, -0.2) is 32.6 Å². The van der Waals surface area contributed by atoms with Gasteiger partial charge in [-0.1, -0.05) is 18.2 Å². The maximum absolute atomic E-state index is 13.6. The van der Waals surface area contributed by atoms with Crippen LogP contribution in [0.1, 0.15) is 49.7 Å². The van der Waals surface area contributed by atoms with Crippen LogP contribution < -0.4 is 20.1 Å². The fourth-order valence-corrected chi connectivity index (χ4v) is 7.27. The highest BCUT2D eigenvalue weighted by Crippen LogP contribution is 2.65. The molecule has 2 aromatic carbocycles. The molecule has 2 N–H and O–H groups in total. The molecule has 4 bridgehead atoms. The van der Waals surface area contributed by atoms with E-state index in [2.05, 4.69) is 22.8 Å². The zero-order valence-electron chi connectivity index (χ0n) is 20.3. The third kappa shape index (κ3) is 4.04. The lowest BCUT2D eigenvalue weighted by Crippen LogP contribution is -2.59. The zero-order chi connectivity index (χ0) is 23.9. The maximum atomic E-state index is 13.6. The number of methoxy groups -OCH3 is 2. The van der Waals surface area contributed by atoms with Crippen LogP contribution in [0.15, 0.2) is 42.5 Å². The molecule has 6 nitrogen and oxygen atoms in total. The summed E-state index contributed by atoms with van der Waals surface area (Å²) in [7, 11) is 3.26. The Labute approximate surface area is 201 Å². The van der Waals surface area contributed by atoms with Crippen molar-refractivity contribution in [2.45, 2.75) is 50.9 Å². The minimum atomic E-state index is -0.384. The van der Waals surface area contributed by atoms with Crippen LogP contribution in [0, 0.1) is 24.2 Å². The van der Waals surface area contributed by atoms with Crippen molar-refractivity contribution < 1.29 is 19.1 Å². The van der Waals surface area contributed by atoms with Crippen LogP contribution in [0.25, 0.3) is 0 Å². The Morgan fingerprint density at radius 2 is 1.68 bits per heavy atom. The predicted molar refractivity (Wildman–Crippen MR) is 131 cm³/mol. The monoisotopic (exact) mass is 462 g/mol. The molecule has 4 aliphatic rings. The first-order valence-corrected chi connectivity index (χ1v) is 12.2. The number of carbonyl (C=O) groups is 2. The summed E-state index contributed by atoms with van der Waals surface area (Å²) in [5.41, 5.74) is 2.63. The molecule has 34 heavy (non-hydrogen) atoms. The first-order chi connectivity index (χ1) is 16.3. The minimum Gasteiger partial charge on any atom is -0.497 e. The van der Waals surface area contributed by atoms with E-state index in [0.29, 0.717) is 23.3 Å². The summed E-state index contributed by atoms with van der Waals surface area (Å²) < 4.78 is 10.7. The lowest BCUT2D eigenvalue weighted by atomic mass is 9.42. The molecular weight excluding hydrogens is 428 g/mol. The van der Waals surface area contributed by atoms with Crippen molar-refractivity contribution in [3.05, 3.63) is 53.6 Å². The van der Waals surface area contributed by atoms with E-state index in [4.69, 9.17) is 9.47 Å². The zero-order valence-corrected chi connectivity index (χ0v) is 20.3. The SMILES string of the molecule is COc1ccc(C23CC4CC(CC(C(=O)NCC(=O)Nc5cc(C)ccc5OC)(C4)C2)C3)cc1. The molecule has 2 amide bonds. The Balaban J connectivity index is 1.29. The molecule has 0 spiro atoms. The summed E-state index contributed by atoms with van der Waals surface area (Å²) in [5.74, 6) is 2.39. The third-order valence-electron chi connectivity index (χ3n) is 8.28. The van der Waals surface area contributed by atoms with E-state index in [9.17, 15) is 9.59 Å². The molecule has 6 rings (SSSR count). The maximum Gasteiger partial charge on any atom is 0.243 e. The van der Waals surface area contributed by atoms with Crippen LogP contribution in [0.5, 0.6) is 11.5 Å². The number of benzene rings is 2. The van der Waals surface area contributed by atoms with Crippen LogP contribution in [0.2, 0.25) is 0 Å². The van der Waals surface area contributed by atoms with Gasteiger partial charge in [0.25, 0.3) is 0 Å². The second-order valence-corrected chi connectivity index (χ2v) is 10.7. The van der Waals surface area contributed by atoms with Crippen molar-refractivity contribution in [2.24, 2.45) is 17.3 Å². The van der Waals surface area contributed by atoms with E-state index in [0.717, 1.165) is 43.4 Å². The number of hydrogen-bond acceptors (Lipinski definition) is 4. The highest BCUT2D eigenvalue weighted by atomic mass is 16.5. The van der Waals surface area contributed by atoms with E-state index in [1.165, 1.54) is 12.0 Å². The molecule has 2 unspecified atom stereocenters. The molecular formula is C28H34N2O4. The van der Waals surface area contributed by atoms with Crippen LogP contribution in [0.3, 0.4) is 0 Å². The van der Waals surface area contributed by atoms with Crippen molar-refractivity contribution in [1.29, 1.82) is 0 Å². The molecule has 2 aromatic rings. The van der Waals surface area contributed by atoms with Crippen LogP contribution in [0.4, 0.5) is 5.69 Å². The molecule has 4 fully saturated rings. The molecule has 4 saturated carbocycles. The van der Waals surface area contributed by atoms with Gasteiger partial charge in [0.05, 0.1) is 31.9 Å². The summed E-state index contributed by atoms with van der Waals surface area (Å²) in [5, 5.41) is 5.87. The average molecular weight is 463 g/mol. The number of hydrogen-bond donors (Lipinski definition) is 2. The Hall–Kier alpha value is -3.02. The van der Waals surface area contributed by atoms with E-state index in [1.807, 2.05) is 37.3 Å². The quantitative estimate of drug-likeness (QED) is 0.630. The summed E-state index contributed by atoms with van der Waals surface area (Å²) in [6, 6.07) is 14.1. The highest BCUT2D eigenvalue weighted by Gasteiger charge is 2.60. The first-order valence-electron chi connectivity index (χ1n) is 12.2. The van der Waals surface area contributed by atoms with Gasteiger partial charge in [-0.3, -0.25) is 9.59 Å². The molecule has 4 aliphatic carbocycles. The normalized spacial score (nSPS) is 28.9. The molecule has 0 aromatic heterocycles. The number of aryl methyl sites for hydroxylation is 1. The fourth-order valence-electron chi connectivity index (χ4n) is 7.27. The predicted octanol–water partition coefficient (Wildman–Crippen LogP) is 4.61. The Morgan fingerprint density at radius 3 is 2.32 bits per heavy atom. The Bertz CT molecular complexity index is 1080. The fraction of sp³-hybridized carbons (Fsp3) is 0.500. The first kappa shape index (κ1) is 22.8. The van der Waals surface area contributed by atoms with Crippen molar-refractivity contribution in [3.8, 4) is 11.5 Å². The topological polar surface area (TPSA) is 76.7 Å². The van der Waals surface area contributed by atoms with Crippen LogP contribution >= 0.6 is 0 Å². The standard InChI is InChI=1S/C28H34N2O4/c1-18-4-9-24(34-3)23(10-18)30-25(31)16-29-26(32)28-14-19-11-20(15-28)13-27(12-19,17-28)21-5-7-22(33-2)8-6-21/h4-10,19-20H,11-17H2,1-3H3,(H,29,32)(H,30,31). The number of amides is 2. The number of carbonyl (C=O) groups excluding carboxylic acids is 2. The number of nitrogens with one attached hydrogen (secondary N) is 2. The van der Waals surface area contributed by atoms with E-state index in [-0.39, 0.29) is 29.2 Å². The highest BCUT2D eigenvalue weighted by molar-refractivity contribution is 5.96. The van der Waals surface area contributed by atoms with Crippen LogP contribution in [-0.2, 0) is 15.0 Å². The summed E-state index contributed by atoms with van der Waals surface area (Å²) in [4.78, 5) is 26.2. The second-order valence-electron chi connectivity index (χ2n) is 10.7. The van der Waals surface area contributed by atoms with Gasteiger partial charge in [0.1, 0.15) is 11.5 Å². The molecule has 2 atom stereocenters. The van der Waals surface area contributed by atoms with E-state index >= 15 is 0 Å². The lowest BCUT2D eigenvalue weighted by Gasteiger charge is -2.61. The molecule has 0 radical (unpaired) electrons. The third-order valence-corrected chi connectivity index (χ3v) is 8.28. The number of anilines is 1.